The first-order chi connectivity index (χ1) is 9.31. The van der Waals surface area contributed by atoms with Crippen molar-refractivity contribution in [2.75, 3.05) is 18.0 Å². The van der Waals surface area contributed by atoms with Gasteiger partial charge in [0.1, 0.15) is 0 Å². The van der Waals surface area contributed by atoms with Gasteiger partial charge in [0.15, 0.2) is 0 Å². The van der Waals surface area contributed by atoms with Crippen LogP contribution < -0.4 is 10.6 Å². The molecule has 0 aliphatic rings. The Balaban J connectivity index is 2.08. The zero-order chi connectivity index (χ0) is 13.5. The fourth-order valence-corrected chi connectivity index (χ4v) is 1.92. The molecule has 5 nitrogen and oxygen atoms in total. The van der Waals surface area contributed by atoms with Crippen LogP contribution in [-0.4, -0.2) is 29.0 Å². The van der Waals surface area contributed by atoms with Gasteiger partial charge in [-0.25, -0.2) is 4.98 Å². The third kappa shape index (κ3) is 3.66. The average molecular weight is 258 g/mol. The van der Waals surface area contributed by atoms with Gasteiger partial charge in [0, 0.05) is 37.8 Å². The average Bonchev–Trinajstić information content (AvgIpc) is 2.94. The second-order valence-electron chi connectivity index (χ2n) is 4.23. The summed E-state index contributed by atoms with van der Waals surface area (Å²) in [6.07, 6.45) is 4.56. The number of hydrogen-bond acceptors (Lipinski definition) is 3. The first-order valence-corrected chi connectivity index (χ1v) is 6.34. The fourth-order valence-electron chi connectivity index (χ4n) is 1.92. The molecule has 2 rings (SSSR count). The van der Waals surface area contributed by atoms with Gasteiger partial charge in [-0.15, -0.1) is 0 Å². The molecule has 1 heterocycles. The minimum atomic E-state index is 0.0456. The molecule has 19 heavy (non-hydrogen) atoms. The van der Waals surface area contributed by atoms with E-state index in [-0.39, 0.29) is 5.91 Å². The van der Waals surface area contributed by atoms with Gasteiger partial charge in [0.2, 0.25) is 5.91 Å². The number of para-hydroxylation sites is 1. The molecular formula is C14H18N4O. The van der Waals surface area contributed by atoms with Gasteiger partial charge in [-0.05, 0) is 12.1 Å². The molecule has 0 spiro atoms. The molecule has 0 fully saturated rings. The Morgan fingerprint density at radius 2 is 2.11 bits per heavy atom. The lowest BCUT2D eigenvalue weighted by atomic mass is 10.2. The lowest BCUT2D eigenvalue weighted by molar-refractivity contribution is -0.118. The molecule has 5 heteroatoms. The van der Waals surface area contributed by atoms with Crippen LogP contribution in [-0.2, 0) is 11.2 Å². The van der Waals surface area contributed by atoms with E-state index in [1.54, 1.807) is 11.2 Å². The number of aromatic amines is 1. The summed E-state index contributed by atoms with van der Waals surface area (Å²) < 4.78 is 0. The van der Waals surface area contributed by atoms with Gasteiger partial charge in [-0.1, -0.05) is 18.2 Å². The summed E-state index contributed by atoms with van der Waals surface area (Å²) in [5.41, 5.74) is 7.32. The third-order valence-electron chi connectivity index (χ3n) is 2.87. The number of nitrogens with one attached hydrogen (secondary N) is 1. The molecule has 0 aliphatic carbocycles. The van der Waals surface area contributed by atoms with E-state index in [0.717, 1.165) is 11.4 Å². The fraction of sp³-hybridized carbons (Fsp3) is 0.286. The molecule has 3 N–H and O–H groups in total. The number of benzene rings is 1. The summed E-state index contributed by atoms with van der Waals surface area (Å²) in [5, 5.41) is 0. The maximum Gasteiger partial charge on any atom is 0.228 e. The molecule has 0 bridgehead atoms. The van der Waals surface area contributed by atoms with E-state index < -0.39 is 0 Å². The van der Waals surface area contributed by atoms with Crippen molar-refractivity contribution in [2.45, 2.75) is 12.8 Å². The number of rotatable bonds is 6. The standard InChI is InChI=1S/C14H18N4O/c15-8-6-14(19)18(13-4-2-1-3-5-13)9-7-12-10-16-11-17-12/h1-5,10-11H,6-9,15H2,(H,16,17). The summed E-state index contributed by atoms with van der Waals surface area (Å²) >= 11 is 0. The van der Waals surface area contributed by atoms with Crippen LogP contribution in [0.15, 0.2) is 42.9 Å². The SMILES string of the molecule is NCCC(=O)N(CCc1c[nH]cn1)c1ccccc1. The molecule has 2 aromatic rings. The van der Waals surface area contributed by atoms with Crippen LogP contribution in [0, 0.1) is 0 Å². The Kier molecular flexibility index (Phi) is 4.69. The largest absolute Gasteiger partial charge is 0.351 e. The van der Waals surface area contributed by atoms with Crippen molar-refractivity contribution in [2.24, 2.45) is 5.73 Å². The van der Waals surface area contributed by atoms with Crippen LogP contribution >= 0.6 is 0 Å². The monoisotopic (exact) mass is 258 g/mol. The summed E-state index contributed by atoms with van der Waals surface area (Å²) in [5.74, 6) is 0.0456. The number of aromatic nitrogens is 2. The van der Waals surface area contributed by atoms with E-state index in [1.807, 2.05) is 36.5 Å². The lowest BCUT2D eigenvalue weighted by Crippen LogP contribution is -2.34. The normalized spacial score (nSPS) is 10.4. The highest BCUT2D eigenvalue weighted by Gasteiger charge is 2.14. The molecule has 1 aromatic carbocycles. The lowest BCUT2D eigenvalue weighted by Gasteiger charge is -2.22. The minimum absolute atomic E-state index is 0.0456. The van der Waals surface area contributed by atoms with Crippen molar-refractivity contribution in [3.05, 3.63) is 48.5 Å². The quantitative estimate of drug-likeness (QED) is 0.821. The number of nitrogens with zero attached hydrogens (tertiary/aromatic N) is 2. The van der Waals surface area contributed by atoms with Crippen LogP contribution in [0.4, 0.5) is 5.69 Å². The summed E-state index contributed by atoms with van der Waals surface area (Å²) in [4.78, 5) is 21.0. The maximum absolute atomic E-state index is 12.1. The van der Waals surface area contributed by atoms with E-state index in [9.17, 15) is 4.79 Å². The van der Waals surface area contributed by atoms with Crippen molar-refractivity contribution in [1.82, 2.24) is 9.97 Å². The highest BCUT2D eigenvalue weighted by atomic mass is 16.2. The number of carbonyl (C=O) groups is 1. The highest BCUT2D eigenvalue weighted by Crippen LogP contribution is 2.15. The second kappa shape index (κ2) is 6.70. The van der Waals surface area contributed by atoms with E-state index in [1.165, 1.54) is 0 Å². The zero-order valence-electron chi connectivity index (χ0n) is 10.7. The number of imidazole rings is 1. The number of hydrogen-bond donors (Lipinski definition) is 2. The molecule has 0 unspecified atom stereocenters. The summed E-state index contributed by atoms with van der Waals surface area (Å²) in [7, 11) is 0. The number of carbonyl (C=O) groups excluding carboxylic acids is 1. The molecule has 0 saturated carbocycles. The van der Waals surface area contributed by atoms with Crippen LogP contribution in [0.1, 0.15) is 12.1 Å². The number of H-pyrrole nitrogens is 1. The predicted octanol–water partition coefficient (Wildman–Crippen LogP) is 1.33. The Bertz CT molecular complexity index is 495. The Hall–Kier alpha value is -2.14. The topological polar surface area (TPSA) is 75.0 Å². The van der Waals surface area contributed by atoms with E-state index in [2.05, 4.69) is 9.97 Å². The molecule has 1 amide bonds. The molecule has 1 aromatic heterocycles. The Morgan fingerprint density at radius 3 is 2.74 bits per heavy atom. The van der Waals surface area contributed by atoms with Crippen LogP contribution in [0.25, 0.3) is 0 Å². The van der Waals surface area contributed by atoms with Crippen LogP contribution in [0.2, 0.25) is 0 Å². The first-order valence-electron chi connectivity index (χ1n) is 6.34. The minimum Gasteiger partial charge on any atom is -0.351 e. The van der Waals surface area contributed by atoms with Crippen molar-refractivity contribution in [3.8, 4) is 0 Å². The number of amides is 1. The highest BCUT2D eigenvalue weighted by molar-refractivity contribution is 5.93. The molecule has 0 saturated heterocycles. The van der Waals surface area contributed by atoms with Gasteiger partial charge < -0.3 is 15.6 Å². The van der Waals surface area contributed by atoms with E-state index in [4.69, 9.17) is 5.73 Å². The smallest absolute Gasteiger partial charge is 0.228 e. The van der Waals surface area contributed by atoms with Gasteiger partial charge in [-0.2, -0.15) is 0 Å². The van der Waals surface area contributed by atoms with Gasteiger partial charge in [-0.3, -0.25) is 4.79 Å². The summed E-state index contributed by atoms with van der Waals surface area (Å²) in [6, 6.07) is 9.64. The van der Waals surface area contributed by atoms with Gasteiger partial charge >= 0.3 is 0 Å². The van der Waals surface area contributed by atoms with Crippen molar-refractivity contribution < 1.29 is 4.79 Å². The number of anilines is 1. The molecular weight excluding hydrogens is 240 g/mol. The van der Waals surface area contributed by atoms with Gasteiger partial charge in [0.05, 0.1) is 12.0 Å². The number of nitrogens with two attached hydrogens (primary N) is 1. The second-order valence-corrected chi connectivity index (χ2v) is 4.23. The van der Waals surface area contributed by atoms with Crippen molar-refractivity contribution >= 4 is 11.6 Å². The van der Waals surface area contributed by atoms with E-state index >= 15 is 0 Å². The third-order valence-corrected chi connectivity index (χ3v) is 2.87. The van der Waals surface area contributed by atoms with Crippen molar-refractivity contribution in [3.63, 3.8) is 0 Å². The predicted molar refractivity (Wildman–Crippen MR) is 74.8 cm³/mol. The molecule has 0 aliphatic heterocycles. The Labute approximate surface area is 112 Å². The van der Waals surface area contributed by atoms with Crippen LogP contribution in [0.3, 0.4) is 0 Å². The van der Waals surface area contributed by atoms with E-state index in [0.29, 0.717) is 25.9 Å². The first kappa shape index (κ1) is 13.3. The van der Waals surface area contributed by atoms with Gasteiger partial charge in [0.25, 0.3) is 0 Å². The summed E-state index contributed by atoms with van der Waals surface area (Å²) in [6.45, 7) is 0.971. The molecule has 0 atom stereocenters. The maximum atomic E-state index is 12.1. The zero-order valence-corrected chi connectivity index (χ0v) is 10.7. The van der Waals surface area contributed by atoms with Crippen LogP contribution in [0.5, 0.6) is 0 Å². The molecule has 0 radical (unpaired) electrons. The van der Waals surface area contributed by atoms with Crippen molar-refractivity contribution in [1.29, 1.82) is 0 Å². The molecule has 100 valence electrons. The Morgan fingerprint density at radius 1 is 1.32 bits per heavy atom.